The summed E-state index contributed by atoms with van der Waals surface area (Å²) in [6.45, 7) is 2.85. The van der Waals surface area contributed by atoms with E-state index in [4.69, 9.17) is 9.97 Å². The molecule has 5 heteroatoms. The molecule has 25 heavy (non-hydrogen) atoms. The maximum Gasteiger partial charge on any atom is 0.163 e. The highest BCUT2D eigenvalue weighted by Gasteiger charge is 2.10. The summed E-state index contributed by atoms with van der Waals surface area (Å²) in [6.07, 6.45) is 7.16. The molecule has 0 amide bonds. The van der Waals surface area contributed by atoms with Crippen LogP contribution in [0.15, 0.2) is 67.3 Å². The molecule has 5 nitrogen and oxygen atoms in total. The Morgan fingerprint density at radius 2 is 1.60 bits per heavy atom. The molecule has 0 saturated carbocycles. The van der Waals surface area contributed by atoms with Crippen LogP contribution in [0.5, 0.6) is 0 Å². The number of pyridine rings is 2. The molecule has 3 heterocycles. The highest BCUT2D eigenvalue weighted by Crippen LogP contribution is 2.29. The molecule has 4 rings (SSSR count). The van der Waals surface area contributed by atoms with Gasteiger partial charge in [-0.05, 0) is 42.8 Å². The number of nitrogens with one attached hydrogen (secondary N) is 1. The fraction of sp³-hybridized carbons (Fsp3) is 0.100. The fourth-order valence-electron chi connectivity index (χ4n) is 2.77. The number of nitrogens with zero attached hydrogens (tertiary/aromatic N) is 4. The van der Waals surface area contributed by atoms with Gasteiger partial charge in [-0.25, -0.2) is 9.97 Å². The summed E-state index contributed by atoms with van der Waals surface area (Å²) in [7, 11) is 0. The number of anilines is 1. The monoisotopic (exact) mass is 327 g/mol. The van der Waals surface area contributed by atoms with E-state index in [0.29, 0.717) is 5.82 Å². The van der Waals surface area contributed by atoms with Gasteiger partial charge >= 0.3 is 0 Å². The van der Waals surface area contributed by atoms with Crippen molar-refractivity contribution in [2.45, 2.75) is 6.92 Å². The lowest BCUT2D eigenvalue weighted by Crippen LogP contribution is -2.03. The van der Waals surface area contributed by atoms with Crippen LogP contribution in [0.1, 0.15) is 6.92 Å². The highest BCUT2D eigenvalue weighted by atomic mass is 15.0. The second kappa shape index (κ2) is 6.65. The van der Waals surface area contributed by atoms with Crippen molar-refractivity contribution in [1.29, 1.82) is 0 Å². The van der Waals surface area contributed by atoms with Crippen molar-refractivity contribution in [3.8, 4) is 22.5 Å². The standard InChI is InChI=1S/C20H17N5/c1-2-23-20-17-11-14(15-5-3-9-21-12-15)7-8-18(17)24-19(25-20)16-6-4-10-22-13-16/h3-13H,2H2,1H3,(H,23,24,25). The zero-order valence-corrected chi connectivity index (χ0v) is 13.8. The molecular weight excluding hydrogens is 310 g/mol. The summed E-state index contributed by atoms with van der Waals surface area (Å²) in [4.78, 5) is 17.8. The molecule has 0 saturated heterocycles. The third kappa shape index (κ3) is 3.04. The fourth-order valence-corrected chi connectivity index (χ4v) is 2.77. The summed E-state index contributed by atoms with van der Waals surface area (Å²) >= 11 is 0. The van der Waals surface area contributed by atoms with Crippen LogP contribution in [0.2, 0.25) is 0 Å². The van der Waals surface area contributed by atoms with Crippen LogP contribution in [-0.4, -0.2) is 26.5 Å². The molecular formula is C20H17N5. The maximum atomic E-state index is 4.72. The molecule has 1 aromatic carbocycles. The van der Waals surface area contributed by atoms with E-state index in [1.165, 1.54) is 0 Å². The molecule has 0 bridgehead atoms. The average molecular weight is 327 g/mol. The van der Waals surface area contributed by atoms with Crippen LogP contribution in [0.4, 0.5) is 5.82 Å². The van der Waals surface area contributed by atoms with E-state index in [-0.39, 0.29) is 0 Å². The molecule has 0 radical (unpaired) electrons. The molecule has 1 N–H and O–H groups in total. The molecule has 0 aliphatic rings. The van der Waals surface area contributed by atoms with Gasteiger partial charge < -0.3 is 5.32 Å². The van der Waals surface area contributed by atoms with Gasteiger partial charge in [-0.3, -0.25) is 9.97 Å². The summed E-state index contributed by atoms with van der Waals surface area (Å²) in [5.74, 6) is 1.50. The number of rotatable bonds is 4. The first-order chi connectivity index (χ1) is 12.3. The van der Waals surface area contributed by atoms with E-state index in [0.717, 1.165) is 40.0 Å². The van der Waals surface area contributed by atoms with Crippen LogP contribution >= 0.6 is 0 Å². The van der Waals surface area contributed by atoms with Gasteiger partial charge in [0.15, 0.2) is 5.82 Å². The van der Waals surface area contributed by atoms with Crippen molar-refractivity contribution in [3.63, 3.8) is 0 Å². The van der Waals surface area contributed by atoms with Gasteiger partial charge in [-0.15, -0.1) is 0 Å². The van der Waals surface area contributed by atoms with Crippen molar-refractivity contribution in [2.75, 3.05) is 11.9 Å². The van der Waals surface area contributed by atoms with Gasteiger partial charge in [-0.2, -0.15) is 0 Å². The first-order valence-corrected chi connectivity index (χ1v) is 8.21. The first kappa shape index (κ1) is 15.2. The Labute approximate surface area is 145 Å². The summed E-state index contributed by atoms with van der Waals surface area (Å²) in [5.41, 5.74) is 3.97. The predicted molar refractivity (Wildman–Crippen MR) is 100 cm³/mol. The lowest BCUT2D eigenvalue weighted by atomic mass is 10.0. The Bertz CT molecular complexity index is 1000. The highest BCUT2D eigenvalue weighted by molar-refractivity contribution is 5.93. The number of hydrogen-bond acceptors (Lipinski definition) is 5. The molecule has 3 aromatic heterocycles. The van der Waals surface area contributed by atoms with Gasteiger partial charge in [0.2, 0.25) is 0 Å². The average Bonchev–Trinajstić information content (AvgIpc) is 2.69. The van der Waals surface area contributed by atoms with E-state index < -0.39 is 0 Å². The summed E-state index contributed by atoms with van der Waals surface area (Å²) in [6, 6.07) is 14.0. The van der Waals surface area contributed by atoms with Gasteiger partial charge in [0.1, 0.15) is 5.82 Å². The largest absolute Gasteiger partial charge is 0.370 e. The van der Waals surface area contributed by atoms with E-state index >= 15 is 0 Å². The predicted octanol–water partition coefficient (Wildman–Crippen LogP) is 4.19. The van der Waals surface area contributed by atoms with E-state index in [9.17, 15) is 0 Å². The Kier molecular flexibility index (Phi) is 4.04. The van der Waals surface area contributed by atoms with Crippen molar-refractivity contribution < 1.29 is 0 Å². The number of aromatic nitrogens is 4. The van der Waals surface area contributed by atoms with Crippen molar-refractivity contribution in [2.24, 2.45) is 0 Å². The number of fused-ring (bicyclic) bond motifs is 1. The smallest absolute Gasteiger partial charge is 0.163 e. The van der Waals surface area contributed by atoms with Crippen LogP contribution in [-0.2, 0) is 0 Å². The molecule has 4 aromatic rings. The molecule has 0 atom stereocenters. The second-order valence-electron chi connectivity index (χ2n) is 5.64. The molecule has 0 aliphatic heterocycles. The Morgan fingerprint density at radius 1 is 0.840 bits per heavy atom. The zero-order valence-electron chi connectivity index (χ0n) is 13.8. The molecule has 0 fully saturated rings. The molecule has 0 spiro atoms. The molecule has 0 unspecified atom stereocenters. The molecule has 122 valence electrons. The quantitative estimate of drug-likeness (QED) is 0.609. The van der Waals surface area contributed by atoms with Crippen LogP contribution in [0.3, 0.4) is 0 Å². The lowest BCUT2D eigenvalue weighted by molar-refractivity contribution is 1.14. The minimum absolute atomic E-state index is 0.672. The minimum Gasteiger partial charge on any atom is -0.370 e. The second-order valence-corrected chi connectivity index (χ2v) is 5.64. The van der Waals surface area contributed by atoms with Gasteiger partial charge in [0.05, 0.1) is 5.52 Å². The Hall–Kier alpha value is -3.34. The SMILES string of the molecule is CCNc1nc(-c2cccnc2)nc2ccc(-c3cccnc3)cc12. The van der Waals surface area contributed by atoms with E-state index in [1.54, 1.807) is 18.6 Å². The lowest BCUT2D eigenvalue weighted by Gasteiger charge is -2.11. The Balaban J connectivity index is 1.89. The summed E-state index contributed by atoms with van der Waals surface area (Å²) < 4.78 is 0. The Morgan fingerprint density at radius 3 is 2.28 bits per heavy atom. The third-order valence-electron chi connectivity index (χ3n) is 3.95. The summed E-state index contributed by atoms with van der Waals surface area (Å²) in [5, 5.41) is 4.35. The van der Waals surface area contributed by atoms with Crippen LogP contribution < -0.4 is 5.32 Å². The number of hydrogen-bond donors (Lipinski definition) is 1. The van der Waals surface area contributed by atoms with Crippen LogP contribution in [0, 0.1) is 0 Å². The van der Waals surface area contributed by atoms with Crippen LogP contribution in [0.25, 0.3) is 33.4 Å². The molecule has 0 aliphatic carbocycles. The van der Waals surface area contributed by atoms with Gasteiger partial charge in [-0.1, -0.05) is 12.1 Å². The van der Waals surface area contributed by atoms with E-state index in [1.807, 2.05) is 36.5 Å². The zero-order chi connectivity index (χ0) is 17.1. The normalized spacial score (nSPS) is 10.8. The first-order valence-electron chi connectivity index (χ1n) is 8.21. The van der Waals surface area contributed by atoms with Crippen molar-refractivity contribution in [1.82, 2.24) is 19.9 Å². The van der Waals surface area contributed by atoms with Crippen molar-refractivity contribution in [3.05, 3.63) is 67.3 Å². The maximum absolute atomic E-state index is 4.72. The van der Waals surface area contributed by atoms with Gasteiger partial charge in [0, 0.05) is 47.8 Å². The van der Waals surface area contributed by atoms with Crippen molar-refractivity contribution >= 4 is 16.7 Å². The third-order valence-corrected chi connectivity index (χ3v) is 3.95. The minimum atomic E-state index is 0.672. The van der Waals surface area contributed by atoms with Gasteiger partial charge in [0.25, 0.3) is 0 Å². The topological polar surface area (TPSA) is 63.6 Å². The number of benzene rings is 1. The van der Waals surface area contributed by atoms with E-state index in [2.05, 4.69) is 34.3 Å².